The van der Waals surface area contributed by atoms with Gasteiger partial charge in [-0.15, -0.1) is 5.10 Å². The minimum atomic E-state index is 0.290. The van der Waals surface area contributed by atoms with E-state index >= 15 is 0 Å². The molecule has 0 N–H and O–H groups in total. The van der Waals surface area contributed by atoms with Gasteiger partial charge in [0, 0.05) is 0 Å². The molecule has 0 saturated heterocycles. The number of benzene rings is 1. The molecule has 4 nitrogen and oxygen atoms in total. The molecule has 2 aromatic rings. The number of aryl methyl sites for hydroxylation is 3. The Bertz CT molecular complexity index is 587. The number of hydrogen-bond acceptors (Lipinski definition) is 4. The lowest BCUT2D eigenvalue weighted by molar-refractivity contribution is 0.426. The highest BCUT2D eigenvalue weighted by molar-refractivity contribution is 9.10. The lowest BCUT2D eigenvalue weighted by Crippen LogP contribution is -2.04. The van der Waals surface area contributed by atoms with Crippen LogP contribution in [-0.2, 0) is 12.8 Å². The molecule has 0 aliphatic heterocycles. The second-order valence-electron chi connectivity index (χ2n) is 4.23. The van der Waals surface area contributed by atoms with E-state index in [1.807, 2.05) is 32.0 Å². The molecule has 2 rings (SSSR count). The van der Waals surface area contributed by atoms with E-state index in [1.165, 1.54) is 0 Å². The molecule has 0 aliphatic rings. The Labute approximate surface area is 121 Å². The summed E-state index contributed by atoms with van der Waals surface area (Å²) in [5, 5.41) is 8.17. The van der Waals surface area contributed by atoms with Crippen LogP contribution in [0.2, 0.25) is 0 Å². The number of halogens is 1. The van der Waals surface area contributed by atoms with Gasteiger partial charge in [-0.1, -0.05) is 25.0 Å². The minimum absolute atomic E-state index is 0.290. The van der Waals surface area contributed by atoms with Crippen LogP contribution in [0.3, 0.4) is 0 Å². The maximum atomic E-state index is 5.67. The molecule has 0 radical (unpaired) electrons. The first-order chi connectivity index (χ1) is 9.13. The molecular weight excluding hydrogens is 306 g/mol. The fourth-order valence-corrected chi connectivity index (χ4v) is 2.33. The Balaban J connectivity index is 2.28. The number of aromatic nitrogens is 3. The van der Waals surface area contributed by atoms with Gasteiger partial charge in [-0.05, 0) is 53.4 Å². The molecular formula is C14H16BrN3O. The van der Waals surface area contributed by atoms with Gasteiger partial charge in [0.05, 0.1) is 15.9 Å². The molecule has 0 fully saturated rings. The van der Waals surface area contributed by atoms with Crippen molar-refractivity contribution in [3.8, 4) is 11.8 Å². The standard InChI is InChI=1S/C14H16BrN3O/c1-4-11-12(5-2)17-18-14(16-11)19-13-7-6-9(3)8-10(13)15/h6-8H,4-5H2,1-3H3. The molecule has 100 valence electrons. The number of hydrogen-bond donors (Lipinski definition) is 0. The second kappa shape index (κ2) is 6.10. The summed E-state index contributed by atoms with van der Waals surface area (Å²) in [6.45, 7) is 6.12. The monoisotopic (exact) mass is 321 g/mol. The summed E-state index contributed by atoms with van der Waals surface area (Å²) in [5.74, 6) is 0.693. The van der Waals surface area contributed by atoms with E-state index in [0.717, 1.165) is 34.3 Å². The zero-order chi connectivity index (χ0) is 13.8. The van der Waals surface area contributed by atoms with Crippen LogP contribution in [-0.4, -0.2) is 15.2 Å². The van der Waals surface area contributed by atoms with Crippen molar-refractivity contribution in [3.63, 3.8) is 0 Å². The average molecular weight is 322 g/mol. The van der Waals surface area contributed by atoms with Gasteiger partial charge in [-0.2, -0.15) is 4.98 Å². The molecule has 0 aliphatic carbocycles. The maximum Gasteiger partial charge on any atom is 0.341 e. The van der Waals surface area contributed by atoms with Crippen LogP contribution < -0.4 is 4.74 Å². The molecule has 0 atom stereocenters. The van der Waals surface area contributed by atoms with E-state index in [-0.39, 0.29) is 0 Å². The Kier molecular flexibility index (Phi) is 4.47. The summed E-state index contributed by atoms with van der Waals surface area (Å²) in [5.41, 5.74) is 3.03. The van der Waals surface area contributed by atoms with Crippen molar-refractivity contribution in [2.24, 2.45) is 0 Å². The van der Waals surface area contributed by atoms with Crippen LogP contribution in [0.5, 0.6) is 11.8 Å². The van der Waals surface area contributed by atoms with Gasteiger partial charge >= 0.3 is 6.01 Å². The van der Waals surface area contributed by atoms with E-state index in [0.29, 0.717) is 11.8 Å². The van der Waals surface area contributed by atoms with Crippen molar-refractivity contribution in [1.82, 2.24) is 15.2 Å². The van der Waals surface area contributed by atoms with Crippen LogP contribution in [0, 0.1) is 6.92 Å². The minimum Gasteiger partial charge on any atom is -0.422 e. The summed E-state index contributed by atoms with van der Waals surface area (Å²) in [7, 11) is 0. The van der Waals surface area contributed by atoms with Crippen molar-refractivity contribution >= 4 is 15.9 Å². The highest BCUT2D eigenvalue weighted by Gasteiger charge is 2.09. The molecule has 0 amide bonds. The fraction of sp³-hybridized carbons (Fsp3) is 0.357. The normalized spacial score (nSPS) is 10.5. The summed E-state index contributed by atoms with van der Waals surface area (Å²) in [6.07, 6.45) is 1.65. The first-order valence-corrected chi connectivity index (χ1v) is 7.09. The molecule has 1 heterocycles. The number of nitrogens with zero attached hydrogens (tertiary/aromatic N) is 3. The average Bonchev–Trinajstić information content (AvgIpc) is 2.41. The topological polar surface area (TPSA) is 47.9 Å². The molecule has 1 aromatic heterocycles. The van der Waals surface area contributed by atoms with Crippen molar-refractivity contribution in [3.05, 3.63) is 39.6 Å². The van der Waals surface area contributed by atoms with Crippen LogP contribution in [0.15, 0.2) is 22.7 Å². The molecule has 0 saturated carbocycles. The summed E-state index contributed by atoms with van der Waals surface area (Å²) in [6, 6.07) is 6.15. The lowest BCUT2D eigenvalue weighted by Gasteiger charge is -2.08. The zero-order valence-corrected chi connectivity index (χ0v) is 12.9. The van der Waals surface area contributed by atoms with Gasteiger partial charge in [-0.25, -0.2) is 0 Å². The van der Waals surface area contributed by atoms with Crippen molar-refractivity contribution in [2.75, 3.05) is 0 Å². The highest BCUT2D eigenvalue weighted by Crippen LogP contribution is 2.28. The van der Waals surface area contributed by atoms with Crippen molar-refractivity contribution in [1.29, 1.82) is 0 Å². The summed E-state index contributed by atoms with van der Waals surface area (Å²) < 4.78 is 6.56. The molecule has 0 unspecified atom stereocenters. The van der Waals surface area contributed by atoms with E-state index in [1.54, 1.807) is 0 Å². The lowest BCUT2D eigenvalue weighted by atomic mass is 10.2. The van der Waals surface area contributed by atoms with E-state index in [2.05, 4.69) is 38.0 Å². The number of rotatable bonds is 4. The quantitative estimate of drug-likeness (QED) is 0.857. The molecule has 0 spiro atoms. The predicted octanol–water partition coefficient (Wildman–Crippen LogP) is 3.86. The van der Waals surface area contributed by atoms with Crippen molar-refractivity contribution in [2.45, 2.75) is 33.6 Å². The Morgan fingerprint density at radius 3 is 2.47 bits per heavy atom. The smallest absolute Gasteiger partial charge is 0.341 e. The Morgan fingerprint density at radius 1 is 1.11 bits per heavy atom. The largest absolute Gasteiger partial charge is 0.422 e. The van der Waals surface area contributed by atoms with Gasteiger partial charge in [0.1, 0.15) is 5.75 Å². The highest BCUT2D eigenvalue weighted by atomic mass is 79.9. The van der Waals surface area contributed by atoms with Crippen LogP contribution in [0.1, 0.15) is 30.8 Å². The zero-order valence-electron chi connectivity index (χ0n) is 11.3. The fourth-order valence-electron chi connectivity index (χ4n) is 1.75. The van der Waals surface area contributed by atoms with E-state index in [9.17, 15) is 0 Å². The molecule has 1 aromatic carbocycles. The van der Waals surface area contributed by atoms with Gasteiger partial charge in [0.2, 0.25) is 0 Å². The third-order valence-electron chi connectivity index (χ3n) is 2.78. The van der Waals surface area contributed by atoms with Crippen LogP contribution in [0.25, 0.3) is 0 Å². The first kappa shape index (κ1) is 13.9. The number of ether oxygens (including phenoxy) is 1. The van der Waals surface area contributed by atoms with Gasteiger partial charge in [0.15, 0.2) is 0 Å². The van der Waals surface area contributed by atoms with E-state index in [4.69, 9.17) is 4.74 Å². The first-order valence-electron chi connectivity index (χ1n) is 6.30. The van der Waals surface area contributed by atoms with E-state index < -0.39 is 0 Å². The Morgan fingerprint density at radius 2 is 1.84 bits per heavy atom. The third kappa shape index (κ3) is 3.29. The summed E-state index contributed by atoms with van der Waals surface area (Å²) >= 11 is 3.47. The maximum absolute atomic E-state index is 5.67. The molecule has 5 heteroatoms. The van der Waals surface area contributed by atoms with Gasteiger partial charge < -0.3 is 4.74 Å². The van der Waals surface area contributed by atoms with Crippen LogP contribution in [0.4, 0.5) is 0 Å². The molecule has 19 heavy (non-hydrogen) atoms. The predicted molar refractivity (Wildman–Crippen MR) is 77.5 cm³/mol. The SMILES string of the molecule is CCc1nnc(Oc2ccc(C)cc2Br)nc1CC. The Hall–Kier alpha value is -1.49. The van der Waals surface area contributed by atoms with Crippen molar-refractivity contribution < 1.29 is 4.74 Å². The molecule has 0 bridgehead atoms. The third-order valence-corrected chi connectivity index (χ3v) is 3.40. The van der Waals surface area contributed by atoms with Crippen LogP contribution >= 0.6 is 15.9 Å². The van der Waals surface area contributed by atoms with Gasteiger partial charge in [0.25, 0.3) is 0 Å². The second-order valence-corrected chi connectivity index (χ2v) is 5.09. The van der Waals surface area contributed by atoms with Gasteiger partial charge in [-0.3, -0.25) is 0 Å². The summed E-state index contributed by atoms with van der Waals surface area (Å²) in [4.78, 5) is 4.40.